The van der Waals surface area contributed by atoms with Crippen molar-refractivity contribution in [3.05, 3.63) is 35.9 Å². The Balaban J connectivity index is 2.19. The van der Waals surface area contributed by atoms with Crippen LogP contribution in [-0.4, -0.2) is 22.3 Å². The molecule has 0 atom stereocenters. The minimum atomic E-state index is -0.159. The van der Waals surface area contributed by atoms with E-state index in [4.69, 9.17) is 0 Å². The summed E-state index contributed by atoms with van der Waals surface area (Å²) in [5.41, 5.74) is 3.27. The number of unbranched alkanes of at least 4 members (excludes halogenated alkanes) is 6. The van der Waals surface area contributed by atoms with Crippen molar-refractivity contribution in [2.24, 2.45) is 5.10 Å². The number of hydrazone groups is 1. The van der Waals surface area contributed by atoms with Crippen LogP contribution < -0.4 is 5.43 Å². The number of carbonyl (C=O) groups is 1. The van der Waals surface area contributed by atoms with Crippen molar-refractivity contribution in [1.82, 2.24) is 5.43 Å². The Bertz CT molecular complexity index is 463. The Hall–Kier alpha value is -0.940. The summed E-state index contributed by atoms with van der Waals surface area (Å²) in [5.74, 6) is 0.906. The Labute approximate surface area is 149 Å². The number of thioether (sulfide) groups is 2. The normalized spacial score (nSPS) is 11.5. The van der Waals surface area contributed by atoms with E-state index in [0.717, 1.165) is 10.1 Å². The van der Waals surface area contributed by atoms with Crippen LogP contribution in [0.4, 0.5) is 0 Å². The van der Waals surface area contributed by atoms with Crippen molar-refractivity contribution < 1.29 is 4.79 Å². The highest BCUT2D eigenvalue weighted by molar-refractivity contribution is 8.38. The summed E-state index contributed by atoms with van der Waals surface area (Å²) in [4.78, 5) is 11.9. The summed E-state index contributed by atoms with van der Waals surface area (Å²) in [7, 11) is 0. The van der Waals surface area contributed by atoms with Crippen molar-refractivity contribution in [2.45, 2.75) is 51.9 Å². The zero-order valence-corrected chi connectivity index (χ0v) is 15.8. The number of nitrogens with one attached hydrogen (secondary N) is 1. The molecule has 1 aromatic carbocycles. The van der Waals surface area contributed by atoms with Gasteiger partial charge in [-0.3, -0.25) is 4.79 Å². The fraction of sp³-hybridized carbons (Fsp3) is 0.556. The van der Waals surface area contributed by atoms with Crippen molar-refractivity contribution in [3.8, 4) is 0 Å². The van der Waals surface area contributed by atoms with Gasteiger partial charge >= 0.3 is 0 Å². The maximum atomic E-state index is 11.9. The van der Waals surface area contributed by atoms with E-state index in [-0.39, 0.29) is 5.91 Å². The zero-order valence-electron chi connectivity index (χ0n) is 14.2. The molecule has 1 aromatic rings. The molecule has 1 rings (SSSR count). The molecule has 0 unspecified atom stereocenters. The second-order valence-corrected chi connectivity index (χ2v) is 7.50. The van der Waals surface area contributed by atoms with Crippen LogP contribution in [0.1, 0.15) is 62.2 Å². The van der Waals surface area contributed by atoms with Gasteiger partial charge in [0.1, 0.15) is 4.38 Å². The van der Waals surface area contributed by atoms with Crippen molar-refractivity contribution in [2.75, 3.05) is 12.0 Å². The van der Waals surface area contributed by atoms with Crippen LogP contribution in [0.2, 0.25) is 0 Å². The van der Waals surface area contributed by atoms with E-state index < -0.39 is 0 Å². The maximum absolute atomic E-state index is 11.9. The number of hydrogen-bond acceptors (Lipinski definition) is 4. The van der Waals surface area contributed by atoms with Gasteiger partial charge in [-0.05, 0) is 24.8 Å². The predicted molar refractivity (Wildman–Crippen MR) is 105 cm³/mol. The molecule has 0 saturated carbocycles. The molecule has 0 aromatic heterocycles. The number of nitrogens with zero attached hydrogens (tertiary/aromatic N) is 1. The molecule has 0 saturated heterocycles. The van der Waals surface area contributed by atoms with Gasteiger partial charge in [0, 0.05) is 11.3 Å². The van der Waals surface area contributed by atoms with Crippen LogP contribution in [0.3, 0.4) is 0 Å². The summed E-state index contributed by atoms with van der Waals surface area (Å²) >= 11 is 3.31. The number of benzene rings is 1. The fourth-order valence-corrected chi connectivity index (χ4v) is 3.60. The first kappa shape index (κ1) is 20.1. The summed E-state index contributed by atoms with van der Waals surface area (Å²) < 4.78 is 0.917. The number of carbonyl (C=O) groups excluding carboxylic acids is 1. The largest absolute Gasteiger partial charge is 0.271 e. The third kappa shape index (κ3) is 9.72. The van der Waals surface area contributed by atoms with Gasteiger partial charge in [-0.2, -0.15) is 5.10 Å². The maximum Gasteiger partial charge on any atom is 0.271 e. The number of hydrogen-bond donors (Lipinski definition) is 1. The number of rotatable bonds is 10. The van der Waals surface area contributed by atoms with Gasteiger partial charge in [-0.15, -0.1) is 11.8 Å². The lowest BCUT2D eigenvalue weighted by molar-refractivity contribution is 0.0955. The SMILES string of the molecule is CCCCCCCCCS/C(=N/NC(=O)c1ccccc1)SC. The summed E-state index contributed by atoms with van der Waals surface area (Å²) in [5, 5.41) is 4.22. The van der Waals surface area contributed by atoms with E-state index in [0.29, 0.717) is 5.56 Å². The quantitative estimate of drug-likeness (QED) is 0.260. The highest BCUT2D eigenvalue weighted by Crippen LogP contribution is 2.17. The van der Waals surface area contributed by atoms with Gasteiger partial charge in [0.2, 0.25) is 0 Å². The van der Waals surface area contributed by atoms with E-state index in [1.54, 1.807) is 35.7 Å². The molecule has 0 spiro atoms. The second-order valence-electron chi connectivity index (χ2n) is 5.36. The van der Waals surface area contributed by atoms with Crippen LogP contribution in [0, 0.1) is 0 Å². The third-order valence-corrected chi connectivity index (χ3v) is 5.56. The first-order valence-corrected chi connectivity index (χ1v) is 10.6. The lowest BCUT2D eigenvalue weighted by atomic mass is 10.1. The Morgan fingerprint density at radius 1 is 1.04 bits per heavy atom. The average Bonchev–Trinajstić information content (AvgIpc) is 2.60. The summed E-state index contributed by atoms with van der Waals surface area (Å²) in [6.45, 7) is 2.25. The first-order chi connectivity index (χ1) is 11.3. The second kappa shape index (κ2) is 13.5. The van der Waals surface area contributed by atoms with Gasteiger partial charge in [-0.1, -0.05) is 75.4 Å². The standard InChI is InChI=1S/C18H28N2OS2/c1-3-4-5-6-7-8-12-15-23-18(22-2)20-19-17(21)16-13-10-9-11-14-16/h9-11,13-14H,3-8,12,15H2,1-2H3,(H,19,21)/b20-18+. The van der Waals surface area contributed by atoms with Crippen LogP contribution in [0.15, 0.2) is 35.4 Å². The van der Waals surface area contributed by atoms with Crippen LogP contribution in [0.25, 0.3) is 0 Å². The summed E-state index contributed by atoms with van der Waals surface area (Å²) in [6, 6.07) is 9.17. The molecule has 1 amide bonds. The van der Waals surface area contributed by atoms with Crippen molar-refractivity contribution >= 4 is 33.8 Å². The van der Waals surface area contributed by atoms with Gasteiger partial charge in [0.15, 0.2) is 0 Å². The van der Waals surface area contributed by atoms with Crippen molar-refractivity contribution in [3.63, 3.8) is 0 Å². The van der Waals surface area contributed by atoms with E-state index >= 15 is 0 Å². The zero-order chi connectivity index (χ0) is 16.8. The molecular weight excluding hydrogens is 324 g/mol. The van der Waals surface area contributed by atoms with E-state index in [1.807, 2.05) is 24.5 Å². The molecule has 1 N–H and O–H groups in total. The highest BCUT2D eigenvalue weighted by atomic mass is 32.2. The van der Waals surface area contributed by atoms with Crippen LogP contribution >= 0.6 is 23.5 Å². The lowest BCUT2D eigenvalue weighted by Gasteiger charge is -2.05. The minimum absolute atomic E-state index is 0.159. The minimum Gasteiger partial charge on any atom is -0.267 e. The van der Waals surface area contributed by atoms with Crippen LogP contribution in [-0.2, 0) is 0 Å². The van der Waals surface area contributed by atoms with E-state index in [1.165, 1.54) is 44.9 Å². The highest BCUT2D eigenvalue weighted by Gasteiger charge is 2.04. The molecule has 23 heavy (non-hydrogen) atoms. The molecular formula is C18H28N2OS2. The van der Waals surface area contributed by atoms with Gasteiger partial charge in [-0.25, -0.2) is 5.43 Å². The molecule has 0 bridgehead atoms. The van der Waals surface area contributed by atoms with Gasteiger partial charge in [0.25, 0.3) is 5.91 Å². The Morgan fingerprint density at radius 2 is 1.70 bits per heavy atom. The average molecular weight is 353 g/mol. The number of amides is 1. The van der Waals surface area contributed by atoms with Gasteiger partial charge < -0.3 is 0 Å². The topological polar surface area (TPSA) is 41.5 Å². The van der Waals surface area contributed by atoms with Crippen molar-refractivity contribution in [1.29, 1.82) is 0 Å². The fourth-order valence-electron chi connectivity index (χ4n) is 2.11. The molecule has 0 aliphatic carbocycles. The predicted octanol–water partition coefficient (Wildman–Crippen LogP) is 5.53. The van der Waals surface area contributed by atoms with Gasteiger partial charge in [0.05, 0.1) is 0 Å². The molecule has 128 valence electrons. The molecule has 0 radical (unpaired) electrons. The summed E-state index contributed by atoms with van der Waals surface area (Å²) in [6.07, 6.45) is 11.2. The first-order valence-electron chi connectivity index (χ1n) is 8.37. The molecule has 0 aliphatic heterocycles. The lowest BCUT2D eigenvalue weighted by Crippen LogP contribution is -2.18. The molecule has 3 nitrogen and oxygen atoms in total. The van der Waals surface area contributed by atoms with E-state index in [9.17, 15) is 4.79 Å². The molecule has 0 fully saturated rings. The monoisotopic (exact) mass is 352 g/mol. The Morgan fingerprint density at radius 3 is 2.35 bits per heavy atom. The molecule has 0 heterocycles. The third-order valence-electron chi connectivity index (χ3n) is 3.43. The molecule has 0 aliphatic rings. The van der Waals surface area contributed by atoms with E-state index in [2.05, 4.69) is 17.5 Å². The molecule has 5 heteroatoms. The van der Waals surface area contributed by atoms with Crippen LogP contribution in [0.5, 0.6) is 0 Å². The smallest absolute Gasteiger partial charge is 0.267 e. The Kier molecular flexibility index (Phi) is 11.8.